The topological polar surface area (TPSA) is 104 Å². The van der Waals surface area contributed by atoms with E-state index in [1.165, 1.54) is 0 Å². The largest absolute Gasteiger partial charge is 0.481 e. The molecule has 2 N–H and O–H groups in total. The number of para-hydroxylation sites is 1. The number of Topliss-reactive ketones (excluding diaryl/α,β-unsaturated/α-hetero) is 1. The van der Waals surface area contributed by atoms with E-state index in [0.717, 1.165) is 5.69 Å². The Morgan fingerprint density at radius 2 is 1.86 bits per heavy atom. The molecule has 3 atom stereocenters. The third-order valence-electron chi connectivity index (χ3n) is 5.20. The number of nitrogens with one attached hydrogen (secondary N) is 1. The van der Waals surface area contributed by atoms with Crippen molar-refractivity contribution in [1.29, 1.82) is 0 Å². The molecule has 7 nitrogen and oxygen atoms in total. The Kier molecular flexibility index (Phi) is 7.31. The first-order valence-electron chi connectivity index (χ1n) is 9.67. The van der Waals surface area contributed by atoms with Crippen LogP contribution in [0.25, 0.3) is 0 Å². The molecule has 0 spiro atoms. The zero-order valence-corrected chi connectivity index (χ0v) is 16.6. The third-order valence-corrected chi connectivity index (χ3v) is 5.20. The zero-order chi connectivity index (χ0) is 20.8. The van der Waals surface area contributed by atoms with Crippen LogP contribution in [0, 0.1) is 17.8 Å². The van der Waals surface area contributed by atoms with E-state index < -0.39 is 36.2 Å². The molecule has 7 heteroatoms. The number of carbonyl (C=O) groups is 4. The summed E-state index contributed by atoms with van der Waals surface area (Å²) in [7, 11) is 0. The molecule has 2 rings (SSSR count). The molecular weight excluding hydrogens is 360 g/mol. The molecule has 2 amide bonds. The number of carboxylic acids is 1. The Morgan fingerprint density at radius 1 is 1.21 bits per heavy atom. The number of amides is 2. The van der Waals surface area contributed by atoms with Crippen molar-refractivity contribution >= 4 is 29.3 Å². The number of hydrogen-bond donors (Lipinski definition) is 2. The number of ketones is 1. The Balaban J connectivity index is 2.18. The SMILES string of the molecule is CCC(=O)C(CC(=O)O)NC(=O)[C@H](C(C)C)C1CCN(c2ccccc2)C1=O. The van der Waals surface area contributed by atoms with Gasteiger partial charge in [0.25, 0.3) is 0 Å². The van der Waals surface area contributed by atoms with Gasteiger partial charge in [0.15, 0.2) is 5.78 Å². The van der Waals surface area contributed by atoms with Crippen molar-refractivity contribution in [2.75, 3.05) is 11.4 Å². The van der Waals surface area contributed by atoms with Crippen LogP contribution in [0.2, 0.25) is 0 Å². The van der Waals surface area contributed by atoms with Gasteiger partial charge in [0.2, 0.25) is 11.8 Å². The molecular formula is C21H28N2O5. The molecule has 1 aromatic carbocycles. The van der Waals surface area contributed by atoms with Crippen molar-refractivity contribution < 1.29 is 24.3 Å². The first-order chi connectivity index (χ1) is 13.3. The molecule has 0 aromatic heterocycles. The highest BCUT2D eigenvalue weighted by Crippen LogP contribution is 2.33. The number of rotatable bonds is 9. The molecule has 0 bridgehead atoms. The smallest absolute Gasteiger partial charge is 0.305 e. The van der Waals surface area contributed by atoms with Crippen LogP contribution >= 0.6 is 0 Å². The maximum absolute atomic E-state index is 13.0. The zero-order valence-electron chi connectivity index (χ0n) is 16.6. The average Bonchev–Trinajstić information content (AvgIpc) is 3.02. The van der Waals surface area contributed by atoms with Gasteiger partial charge in [0.05, 0.1) is 24.3 Å². The summed E-state index contributed by atoms with van der Waals surface area (Å²) in [6.45, 7) is 5.87. The summed E-state index contributed by atoms with van der Waals surface area (Å²) in [5.41, 5.74) is 0.794. The Morgan fingerprint density at radius 3 is 2.39 bits per heavy atom. The highest BCUT2D eigenvalue weighted by atomic mass is 16.4. The van der Waals surface area contributed by atoms with Gasteiger partial charge in [-0.3, -0.25) is 19.2 Å². The van der Waals surface area contributed by atoms with Crippen molar-refractivity contribution in [3.8, 4) is 0 Å². The van der Waals surface area contributed by atoms with Crippen LogP contribution < -0.4 is 10.2 Å². The summed E-state index contributed by atoms with van der Waals surface area (Å²) in [6.07, 6.45) is 0.210. The predicted octanol–water partition coefficient (Wildman–Crippen LogP) is 2.25. The normalized spacial score (nSPS) is 18.8. The van der Waals surface area contributed by atoms with Gasteiger partial charge in [0, 0.05) is 18.7 Å². The van der Waals surface area contributed by atoms with Crippen molar-refractivity contribution in [3.05, 3.63) is 30.3 Å². The molecule has 1 aromatic rings. The number of carbonyl (C=O) groups excluding carboxylic acids is 3. The van der Waals surface area contributed by atoms with Gasteiger partial charge in [0.1, 0.15) is 0 Å². The maximum atomic E-state index is 13.0. The van der Waals surface area contributed by atoms with Gasteiger partial charge in [-0.15, -0.1) is 0 Å². The predicted molar refractivity (Wildman–Crippen MR) is 105 cm³/mol. The lowest BCUT2D eigenvalue weighted by molar-refractivity contribution is -0.141. The standard InChI is InChI=1S/C21H28N2O5/c1-4-17(24)16(12-18(25)26)22-20(27)19(13(2)3)15-10-11-23(21(15)28)14-8-6-5-7-9-14/h5-9,13,15-16,19H,4,10-12H2,1-3H3,(H,22,27)(H,25,26)/t15?,16?,19-/m1/s1. The number of aliphatic carboxylic acids is 1. The lowest BCUT2D eigenvalue weighted by atomic mass is 9.81. The van der Waals surface area contributed by atoms with E-state index in [0.29, 0.717) is 13.0 Å². The van der Waals surface area contributed by atoms with Gasteiger partial charge in [-0.05, 0) is 24.5 Å². The molecule has 1 fully saturated rings. The second kappa shape index (κ2) is 9.48. The fourth-order valence-electron chi connectivity index (χ4n) is 3.78. The van der Waals surface area contributed by atoms with Gasteiger partial charge in [-0.2, -0.15) is 0 Å². The fourth-order valence-corrected chi connectivity index (χ4v) is 3.78. The van der Waals surface area contributed by atoms with Crippen LogP contribution in [-0.2, 0) is 19.2 Å². The highest BCUT2D eigenvalue weighted by molar-refractivity contribution is 6.00. The van der Waals surface area contributed by atoms with Crippen molar-refractivity contribution in [2.24, 2.45) is 17.8 Å². The van der Waals surface area contributed by atoms with Crippen molar-refractivity contribution in [1.82, 2.24) is 5.32 Å². The van der Waals surface area contributed by atoms with Gasteiger partial charge < -0.3 is 15.3 Å². The van der Waals surface area contributed by atoms with E-state index in [4.69, 9.17) is 5.11 Å². The second-order valence-corrected chi connectivity index (χ2v) is 7.47. The number of nitrogens with zero attached hydrogens (tertiary/aromatic N) is 1. The van der Waals surface area contributed by atoms with Gasteiger partial charge >= 0.3 is 5.97 Å². The van der Waals surface area contributed by atoms with Crippen LogP contribution in [0.15, 0.2) is 30.3 Å². The molecule has 28 heavy (non-hydrogen) atoms. The number of benzene rings is 1. The number of hydrogen-bond acceptors (Lipinski definition) is 4. The summed E-state index contributed by atoms with van der Waals surface area (Å²) in [5, 5.41) is 11.6. The molecule has 1 aliphatic heterocycles. The summed E-state index contributed by atoms with van der Waals surface area (Å²) in [4.78, 5) is 50.7. The number of anilines is 1. The lowest BCUT2D eigenvalue weighted by Gasteiger charge is -2.27. The molecule has 0 saturated carbocycles. The first kappa shape index (κ1) is 21.6. The van der Waals surface area contributed by atoms with E-state index in [9.17, 15) is 19.2 Å². The molecule has 152 valence electrons. The van der Waals surface area contributed by atoms with Crippen LogP contribution in [0.4, 0.5) is 5.69 Å². The van der Waals surface area contributed by atoms with Crippen molar-refractivity contribution in [2.45, 2.75) is 46.1 Å². The quantitative estimate of drug-likeness (QED) is 0.675. The van der Waals surface area contributed by atoms with E-state index in [1.807, 2.05) is 44.2 Å². The Labute approximate surface area is 165 Å². The fraction of sp³-hybridized carbons (Fsp3) is 0.524. The summed E-state index contributed by atoms with van der Waals surface area (Å²) < 4.78 is 0. The minimum absolute atomic E-state index is 0.114. The van der Waals surface area contributed by atoms with E-state index in [1.54, 1.807) is 11.8 Å². The summed E-state index contributed by atoms with van der Waals surface area (Å²) in [5.74, 6) is -3.29. The van der Waals surface area contributed by atoms with Crippen molar-refractivity contribution in [3.63, 3.8) is 0 Å². The monoisotopic (exact) mass is 388 g/mol. The molecule has 1 aliphatic rings. The third kappa shape index (κ3) is 4.97. The minimum Gasteiger partial charge on any atom is -0.481 e. The van der Waals surface area contributed by atoms with Crippen LogP contribution in [0.1, 0.15) is 40.0 Å². The van der Waals surface area contributed by atoms with Crippen LogP contribution in [-0.4, -0.2) is 41.3 Å². The Bertz CT molecular complexity index is 732. The first-order valence-corrected chi connectivity index (χ1v) is 9.67. The molecule has 0 radical (unpaired) electrons. The molecule has 0 aliphatic carbocycles. The van der Waals surface area contributed by atoms with E-state index in [2.05, 4.69) is 5.32 Å². The van der Waals surface area contributed by atoms with Gasteiger partial charge in [-0.1, -0.05) is 39.0 Å². The van der Waals surface area contributed by atoms with E-state index >= 15 is 0 Å². The van der Waals surface area contributed by atoms with E-state index in [-0.39, 0.29) is 24.0 Å². The minimum atomic E-state index is -1.15. The highest BCUT2D eigenvalue weighted by Gasteiger charge is 2.43. The summed E-state index contributed by atoms with van der Waals surface area (Å²) >= 11 is 0. The average molecular weight is 388 g/mol. The van der Waals surface area contributed by atoms with Gasteiger partial charge in [-0.25, -0.2) is 0 Å². The molecule has 1 saturated heterocycles. The van der Waals surface area contributed by atoms with Crippen LogP contribution in [0.5, 0.6) is 0 Å². The Hall–Kier alpha value is -2.70. The number of carboxylic acid groups (broad SMARTS) is 1. The lowest BCUT2D eigenvalue weighted by Crippen LogP contribution is -2.48. The maximum Gasteiger partial charge on any atom is 0.305 e. The van der Waals surface area contributed by atoms with Crippen LogP contribution in [0.3, 0.4) is 0 Å². The summed E-state index contributed by atoms with van der Waals surface area (Å²) in [6, 6.07) is 8.23. The second-order valence-electron chi connectivity index (χ2n) is 7.47. The molecule has 2 unspecified atom stereocenters. The molecule has 1 heterocycles.